The summed E-state index contributed by atoms with van der Waals surface area (Å²) in [6, 6.07) is 9.22. The lowest BCUT2D eigenvalue weighted by molar-refractivity contribution is 0.187. The highest BCUT2D eigenvalue weighted by Crippen LogP contribution is 2.26. The van der Waals surface area contributed by atoms with Crippen LogP contribution in [0.25, 0.3) is 0 Å². The van der Waals surface area contributed by atoms with Crippen molar-refractivity contribution in [1.29, 1.82) is 0 Å². The van der Waals surface area contributed by atoms with Gasteiger partial charge in [-0.05, 0) is 39.4 Å². The van der Waals surface area contributed by atoms with Crippen LogP contribution in [0.3, 0.4) is 0 Å². The number of rotatable bonds is 9. The molecule has 120 valence electrons. The molecule has 0 aromatic heterocycles. The molecule has 21 heavy (non-hydrogen) atoms. The first-order chi connectivity index (χ1) is 10.0. The number of nitrogens with zero attached hydrogens (tertiary/aromatic N) is 1. The molecule has 1 aromatic rings. The van der Waals surface area contributed by atoms with Crippen LogP contribution in [0.4, 0.5) is 0 Å². The summed E-state index contributed by atoms with van der Waals surface area (Å²) >= 11 is 0. The number of benzene rings is 1. The summed E-state index contributed by atoms with van der Waals surface area (Å²) in [6.07, 6.45) is 0. The van der Waals surface area contributed by atoms with E-state index >= 15 is 0 Å². The summed E-state index contributed by atoms with van der Waals surface area (Å²) in [5, 5.41) is 3.60. The molecule has 3 heteroatoms. The second-order valence-electron chi connectivity index (χ2n) is 6.01. The molecule has 2 atom stereocenters. The van der Waals surface area contributed by atoms with Crippen LogP contribution in [0.1, 0.15) is 46.2 Å². The van der Waals surface area contributed by atoms with Crippen molar-refractivity contribution >= 4 is 0 Å². The average molecular weight is 292 g/mol. The Morgan fingerprint density at radius 1 is 1.14 bits per heavy atom. The summed E-state index contributed by atoms with van der Waals surface area (Å²) in [7, 11) is 2.21. The maximum atomic E-state index is 5.80. The molecular weight excluding hydrogens is 260 g/mol. The van der Waals surface area contributed by atoms with E-state index in [0.29, 0.717) is 24.6 Å². The van der Waals surface area contributed by atoms with Crippen LogP contribution in [0.15, 0.2) is 24.3 Å². The second kappa shape index (κ2) is 9.06. The number of para-hydroxylation sites is 1. The standard InChI is InChI=1S/C18H32N2O/c1-7-19-17(13-20(6)15(5)14(3)4)16-11-9-10-12-18(16)21-8-2/h9-12,14-15,17,19H,7-8,13H2,1-6H3. The third kappa shape index (κ3) is 5.33. The fraction of sp³-hybridized carbons (Fsp3) is 0.667. The Morgan fingerprint density at radius 2 is 1.81 bits per heavy atom. The molecule has 0 heterocycles. The van der Waals surface area contributed by atoms with Gasteiger partial charge in [0.1, 0.15) is 5.75 Å². The van der Waals surface area contributed by atoms with E-state index < -0.39 is 0 Å². The highest BCUT2D eigenvalue weighted by atomic mass is 16.5. The van der Waals surface area contributed by atoms with Crippen LogP contribution >= 0.6 is 0 Å². The molecule has 1 rings (SSSR count). The molecule has 0 amide bonds. The van der Waals surface area contributed by atoms with Gasteiger partial charge >= 0.3 is 0 Å². The summed E-state index contributed by atoms with van der Waals surface area (Å²) in [5.74, 6) is 1.65. The van der Waals surface area contributed by atoms with Gasteiger partial charge in [-0.2, -0.15) is 0 Å². The number of hydrogen-bond acceptors (Lipinski definition) is 3. The molecule has 1 aromatic carbocycles. The Balaban J connectivity index is 2.91. The van der Waals surface area contributed by atoms with Gasteiger partial charge < -0.3 is 15.0 Å². The molecule has 2 unspecified atom stereocenters. The highest BCUT2D eigenvalue weighted by molar-refractivity contribution is 5.36. The molecule has 0 aliphatic carbocycles. The first-order valence-corrected chi connectivity index (χ1v) is 8.16. The number of likely N-dealkylation sites (N-methyl/N-ethyl adjacent to an activating group) is 2. The highest BCUT2D eigenvalue weighted by Gasteiger charge is 2.20. The lowest BCUT2D eigenvalue weighted by atomic mass is 10.0. The minimum absolute atomic E-state index is 0.295. The molecule has 0 saturated heterocycles. The molecule has 0 spiro atoms. The van der Waals surface area contributed by atoms with Crippen LogP contribution in [0.2, 0.25) is 0 Å². The van der Waals surface area contributed by atoms with Crippen molar-refractivity contribution in [3.8, 4) is 5.75 Å². The predicted octanol–water partition coefficient (Wildman–Crippen LogP) is 3.71. The summed E-state index contributed by atoms with van der Waals surface area (Å²) in [6.45, 7) is 13.7. The number of nitrogens with one attached hydrogen (secondary N) is 1. The van der Waals surface area contributed by atoms with E-state index in [-0.39, 0.29) is 0 Å². The Hall–Kier alpha value is -1.06. The topological polar surface area (TPSA) is 24.5 Å². The number of ether oxygens (including phenoxy) is 1. The summed E-state index contributed by atoms with van der Waals surface area (Å²) < 4.78 is 5.80. The predicted molar refractivity (Wildman–Crippen MR) is 91.0 cm³/mol. The van der Waals surface area contributed by atoms with Crippen LogP contribution in [-0.4, -0.2) is 37.7 Å². The SMILES string of the molecule is CCNC(CN(C)C(C)C(C)C)c1ccccc1OCC. The van der Waals surface area contributed by atoms with Crippen molar-refractivity contribution in [3.05, 3.63) is 29.8 Å². The molecule has 0 bridgehead atoms. The average Bonchev–Trinajstić information content (AvgIpc) is 2.46. The fourth-order valence-corrected chi connectivity index (χ4v) is 2.54. The van der Waals surface area contributed by atoms with E-state index in [1.54, 1.807) is 0 Å². The Labute approximate surface area is 130 Å². The van der Waals surface area contributed by atoms with Gasteiger partial charge in [-0.1, -0.05) is 39.0 Å². The Bertz CT molecular complexity index is 406. The third-order valence-corrected chi connectivity index (χ3v) is 4.18. The molecule has 0 radical (unpaired) electrons. The molecule has 3 nitrogen and oxygen atoms in total. The van der Waals surface area contributed by atoms with Gasteiger partial charge in [0.05, 0.1) is 6.61 Å². The van der Waals surface area contributed by atoms with Crippen molar-refractivity contribution in [1.82, 2.24) is 10.2 Å². The van der Waals surface area contributed by atoms with Crippen molar-refractivity contribution in [2.75, 3.05) is 26.7 Å². The van der Waals surface area contributed by atoms with E-state index in [1.165, 1.54) is 5.56 Å². The number of hydrogen-bond donors (Lipinski definition) is 1. The van der Waals surface area contributed by atoms with E-state index in [2.05, 4.69) is 63.2 Å². The van der Waals surface area contributed by atoms with Crippen molar-refractivity contribution in [3.63, 3.8) is 0 Å². The first-order valence-electron chi connectivity index (χ1n) is 8.16. The fourth-order valence-electron chi connectivity index (χ4n) is 2.54. The van der Waals surface area contributed by atoms with Gasteiger partial charge in [0.15, 0.2) is 0 Å². The van der Waals surface area contributed by atoms with Gasteiger partial charge in [0.2, 0.25) is 0 Å². The first kappa shape index (κ1) is 18.0. The maximum absolute atomic E-state index is 5.80. The van der Waals surface area contributed by atoms with Crippen molar-refractivity contribution < 1.29 is 4.74 Å². The van der Waals surface area contributed by atoms with Gasteiger partial charge in [0, 0.05) is 24.2 Å². The van der Waals surface area contributed by atoms with Crippen LogP contribution in [0, 0.1) is 5.92 Å². The minimum atomic E-state index is 0.295. The van der Waals surface area contributed by atoms with Crippen LogP contribution in [0.5, 0.6) is 5.75 Å². The zero-order valence-electron chi connectivity index (χ0n) is 14.5. The zero-order chi connectivity index (χ0) is 15.8. The van der Waals surface area contributed by atoms with E-state index in [9.17, 15) is 0 Å². The summed E-state index contributed by atoms with van der Waals surface area (Å²) in [4.78, 5) is 2.43. The van der Waals surface area contributed by atoms with Crippen LogP contribution < -0.4 is 10.1 Å². The summed E-state index contributed by atoms with van der Waals surface area (Å²) in [5.41, 5.74) is 1.25. The third-order valence-electron chi connectivity index (χ3n) is 4.18. The molecule has 0 aliphatic rings. The zero-order valence-corrected chi connectivity index (χ0v) is 14.5. The van der Waals surface area contributed by atoms with E-state index in [4.69, 9.17) is 4.74 Å². The van der Waals surface area contributed by atoms with Crippen molar-refractivity contribution in [2.24, 2.45) is 5.92 Å². The smallest absolute Gasteiger partial charge is 0.124 e. The minimum Gasteiger partial charge on any atom is -0.494 e. The maximum Gasteiger partial charge on any atom is 0.124 e. The van der Waals surface area contributed by atoms with Gasteiger partial charge in [-0.15, -0.1) is 0 Å². The molecule has 1 N–H and O–H groups in total. The Kier molecular flexibility index (Phi) is 7.76. The van der Waals surface area contributed by atoms with Gasteiger partial charge in [0.25, 0.3) is 0 Å². The molecule has 0 fully saturated rings. The lowest BCUT2D eigenvalue weighted by Gasteiger charge is -2.32. The second-order valence-corrected chi connectivity index (χ2v) is 6.01. The largest absolute Gasteiger partial charge is 0.494 e. The lowest BCUT2D eigenvalue weighted by Crippen LogP contribution is -2.40. The monoisotopic (exact) mass is 292 g/mol. The van der Waals surface area contributed by atoms with Gasteiger partial charge in [-0.25, -0.2) is 0 Å². The van der Waals surface area contributed by atoms with Crippen molar-refractivity contribution in [2.45, 2.75) is 46.7 Å². The van der Waals surface area contributed by atoms with Crippen LogP contribution in [-0.2, 0) is 0 Å². The molecular formula is C18H32N2O. The quantitative estimate of drug-likeness (QED) is 0.751. The van der Waals surface area contributed by atoms with Gasteiger partial charge in [-0.3, -0.25) is 0 Å². The normalized spacial score (nSPS) is 14.5. The molecule has 0 saturated carbocycles. The molecule has 0 aliphatic heterocycles. The van der Waals surface area contributed by atoms with E-state index in [0.717, 1.165) is 18.8 Å². The van der Waals surface area contributed by atoms with E-state index in [1.807, 2.05) is 13.0 Å². The Morgan fingerprint density at radius 3 is 2.38 bits per heavy atom.